The standard InChI is InChI=1S/C67H57N3O/c1-6-17-55-43(2)71-64-32-28-46(39-61(55)64)47-25-30-59-60-31-26-48(41-63(60)67(3,4)62(59)40-47)52-36-51(44-18-11-9-12-19-44)37-54(38-52)58-24-16-22-45-20-10-7-8-15-33-70(65(45)58)42-69-66(68-5)50-27-29-57-53(35-50)34-49-21-13-14-23-56(49)57/h7-16,18-19,21-32,35-41H,5-6,17,20,33-34,42H2,1-4H3/b10-7-,15-8-,69-66-. The lowest BCUT2D eigenvalue weighted by Crippen LogP contribution is -2.26. The van der Waals surface area contributed by atoms with Crippen molar-refractivity contribution >= 4 is 29.2 Å². The number of hydrogen-bond acceptors (Lipinski definition) is 3. The SMILES string of the molecule is C=N/C(=N\CN1C/C=C\C=C/Cc2cccc(-c3cc(-c4ccccc4)cc(-c4ccc5c(c4)C(C)(C)c4cc(-c6ccc7oc(C)c(CCC)c7c6)ccc4-5)c3)c21)c1ccc2c(c1)Cc1ccccc1-2. The minimum atomic E-state index is -0.208. The summed E-state index contributed by atoms with van der Waals surface area (Å²) in [5.41, 5.74) is 25.7. The molecule has 2 aliphatic carbocycles. The maximum Gasteiger partial charge on any atom is 0.155 e. The summed E-state index contributed by atoms with van der Waals surface area (Å²) in [7, 11) is 0. The van der Waals surface area contributed by atoms with Crippen LogP contribution in [0.25, 0.3) is 77.7 Å². The van der Waals surface area contributed by atoms with Gasteiger partial charge in [0, 0.05) is 39.7 Å². The van der Waals surface area contributed by atoms with Crippen LogP contribution in [0.2, 0.25) is 0 Å². The molecule has 1 aromatic heterocycles. The lowest BCUT2D eigenvalue weighted by atomic mass is 9.80. The van der Waals surface area contributed by atoms with Gasteiger partial charge in [-0.25, -0.2) is 9.98 Å². The number of benzene rings is 8. The van der Waals surface area contributed by atoms with E-state index in [4.69, 9.17) is 9.41 Å². The van der Waals surface area contributed by atoms with Crippen LogP contribution in [0.3, 0.4) is 0 Å². The molecule has 0 bridgehead atoms. The van der Waals surface area contributed by atoms with Crippen molar-refractivity contribution in [2.75, 3.05) is 18.1 Å². The fraction of sp³-hybridized carbons (Fsp3) is 0.164. The Morgan fingerprint density at radius 2 is 1.24 bits per heavy atom. The van der Waals surface area contributed by atoms with Crippen LogP contribution in [0, 0.1) is 6.92 Å². The Kier molecular flexibility index (Phi) is 11.2. The average molecular weight is 920 g/mol. The molecular formula is C67H57N3O. The number of aryl methyl sites for hydroxylation is 2. The molecule has 0 saturated heterocycles. The number of nitrogens with zero attached hydrogens (tertiary/aromatic N) is 3. The molecule has 0 atom stereocenters. The van der Waals surface area contributed by atoms with Gasteiger partial charge in [0.2, 0.25) is 0 Å². The number of anilines is 1. The van der Waals surface area contributed by atoms with E-state index in [9.17, 15) is 0 Å². The van der Waals surface area contributed by atoms with Crippen LogP contribution < -0.4 is 4.90 Å². The second-order valence-electron chi connectivity index (χ2n) is 20.0. The number of aliphatic imine (C=N–C) groups is 2. The van der Waals surface area contributed by atoms with Gasteiger partial charge in [0.05, 0.1) is 0 Å². The number of para-hydroxylation sites is 1. The van der Waals surface area contributed by atoms with E-state index in [-0.39, 0.29) is 5.41 Å². The van der Waals surface area contributed by atoms with Gasteiger partial charge < -0.3 is 9.32 Å². The number of amidine groups is 1. The van der Waals surface area contributed by atoms with E-state index in [2.05, 4.69) is 232 Å². The van der Waals surface area contributed by atoms with Gasteiger partial charge in [-0.15, -0.1) is 0 Å². The third-order valence-corrected chi connectivity index (χ3v) is 15.3. The molecular weight excluding hydrogens is 863 g/mol. The van der Waals surface area contributed by atoms with Crippen molar-refractivity contribution < 1.29 is 4.42 Å². The van der Waals surface area contributed by atoms with Crippen molar-refractivity contribution in [2.24, 2.45) is 9.98 Å². The van der Waals surface area contributed by atoms with Gasteiger partial charge in [0.1, 0.15) is 18.0 Å². The molecule has 0 N–H and O–H groups in total. The van der Waals surface area contributed by atoms with E-state index >= 15 is 0 Å². The van der Waals surface area contributed by atoms with Gasteiger partial charge in [-0.3, -0.25) is 0 Å². The Labute approximate surface area is 418 Å². The molecule has 4 nitrogen and oxygen atoms in total. The highest BCUT2D eigenvalue weighted by Gasteiger charge is 2.36. The van der Waals surface area contributed by atoms with Crippen LogP contribution in [0.4, 0.5) is 5.69 Å². The maximum atomic E-state index is 6.18. The van der Waals surface area contributed by atoms with Gasteiger partial charge in [-0.05, 0) is 170 Å². The van der Waals surface area contributed by atoms with Crippen molar-refractivity contribution in [1.82, 2.24) is 0 Å². The quantitative estimate of drug-likeness (QED) is 0.107. The molecule has 3 aliphatic rings. The summed E-state index contributed by atoms with van der Waals surface area (Å²) < 4.78 is 6.18. The van der Waals surface area contributed by atoms with Crippen LogP contribution in [0.1, 0.15) is 71.9 Å². The fourth-order valence-corrected chi connectivity index (χ4v) is 11.6. The van der Waals surface area contributed by atoms with Crippen LogP contribution in [-0.4, -0.2) is 25.8 Å². The summed E-state index contributed by atoms with van der Waals surface area (Å²) in [6.45, 7) is 14.2. The highest BCUT2D eigenvalue weighted by molar-refractivity contribution is 6.02. The Hall–Kier alpha value is -8.08. The van der Waals surface area contributed by atoms with E-state index in [1.807, 2.05) is 0 Å². The van der Waals surface area contributed by atoms with E-state index in [1.54, 1.807) is 0 Å². The summed E-state index contributed by atoms with van der Waals surface area (Å²) in [5.74, 6) is 1.69. The average Bonchev–Trinajstić information content (AvgIpc) is 4.03. The van der Waals surface area contributed by atoms with Crippen molar-refractivity contribution in [2.45, 2.75) is 58.8 Å². The first-order valence-corrected chi connectivity index (χ1v) is 25.2. The van der Waals surface area contributed by atoms with Gasteiger partial charge in [0.25, 0.3) is 0 Å². The second kappa shape index (κ2) is 18.0. The Bertz CT molecular complexity index is 3670. The van der Waals surface area contributed by atoms with Gasteiger partial charge in [-0.2, -0.15) is 0 Å². The third kappa shape index (κ3) is 7.88. The number of fused-ring (bicyclic) bond motifs is 8. The lowest BCUT2D eigenvalue weighted by Gasteiger charge is -2.28. The molecule has 12 rings (SSSR count). The highest BCUT2D eigenvalue weighted by Crippen LogP contribution is 2.51. The predicted molar refractivity (Wildman–Crippen MR) is 299 cm³/mol. The number of furan rings is 1. The van der Waals surface area contributed by atoms with E-state index < -0.39 is 0 Å². The highest BCUT2D eigenvalue weighted by atomic mass is 16.3. The molecule has 2 heterocycles. The largest absolute Gasteiger partial charge is 0.461 e. The smallest absolute Gasteiger partial charge is 0.155 e. The van der Waals surface area contributed by atoms with Crippen LogP contribution in [0.15, 0.2) is 202 Å². The molecule has 9 aromatic rings. The Morgan fingerprint density at radius 3 is 2.03 bits per heavy atom. The topological polar surface area (TPSA) is 41.1 Å². The minimum Gasteiger partial charge on any atom is -0.461 e. The minimum absolute atomic E-state index is 0.208. The molecule has 71 heavy (non-hydrogen) atoms. The summed E-state index contributed by atoms with van der Waals surface area (Å²) >= 11 is 0. The molecule has 0 radical (unpaired) electrons. The molecule has 0 saturated carbocycles. The maximum absolute atomic E-state index is 6.18. The summed E-state index contributed by atoms with van der Waals surface area (Å²) in [6, 6.07) is 60.9. The number of allylic oxidation sites excluding steroid dienone is 3. The van der Waals surface area contributed by atoms with Crippen molar-refractivity contribution in [3.63, 3.8) is 0 Å². The predicted octanol–water partition coefficient (Wildman–Crippen LogP) is 16.8. The third-order valence-electron chi connectivity index (χ3n) is 15.3. The van der Waals surface area contributed by atoms with E-state index in [0.717, 1.165) is 42.6 Å². The molecule has 1 aliphatic heterocycles. The van der Waals surface area contributed by atoms with E-state index in [0.29, 0.717) is 19.0 Å². The van der Waals surface area contributed by atoms with Crippen molar-refractivity contribution in [3.8, 4) is 66.8 Å². The first-order chi connectivity index (χ1) is 34.7. The van der Waals surface area contributed by atoms with Gasteiger partial charge in [-0.1, -0.05) is 167 Å². The van der Waals surface area contributed by atoms with Crippen LogP contribution >= 0.6 is 0 Å². The zero-order valence-corrected chi connectivity index (χ0v) is 41.1. The first-order valence-electron chi connectivity index (χ1n) is 25.2. The van der Waals surface area contributed by atoms with Gasteiger partial charge >= 0.3 is 0 Å². The number of rotatable bonds is 9. The van der Waals surface area contributed by atoms with Crippen molar-refractivity contribution in [3.05, 3.63) is 233 Å². The Morgan fingerprint density at radius 1 is 0.592 bits per heavy atom. The van der Waals surface area contributed by atoms with Gasteiger partial charge in [0.15, 0.2) is 5.84 Å². The molecule has 8 aromatic carbocycles. The normalized spacial score (nSPS) is 15.2. The first kappa shape index (κ1) is 44.1. The van der Waals surface area contributed by atoms with E-state index in [1.165, 1.54) is 111 Å². The fourth-order valence-electron chi connectivity index (χ4n) is 11.6. The molecule has 346 valence electrons. The molecule has 4 heteroatoms. The monoisotopic (exact) mass is 919 g/mol. The molecule has 0 amide bonds. The van der Waals surface area contributed by atoms with Crippen molar-refractivity contribution in [1.29, 1.82) is 0 Å². The second-order valence-corrected chi connectivity index (χ2v) is 20.0. The summed E-state index contributed by atoms with van der Waals surface area (Å²) in [4.78, 5) is 12.2. The number of hydrogen-bond donors (Lipinski definition) is 0. The molecule has 0 spiro atoms. The van der Waals surface area contributed by atoms with Crippen LogP contribution in [-0.2, 0) is 24.7 Å². The molecule has 0 unspecified atom stereocenters. The zero-order chi connectivity index (χ0) is 48.2. The summed E-state index contributed by atoms with van der Waals surface area (Å²) in [5, 5.41) is 1.23. The lowest BCUT2D eigenvalue weighted by molar-refractivity contribution is 0.571. The zero-order valence-electron chi connectivity index (χ0n) is 41.1. The molecule has 0 fully saturated rings. The Balaban J connectivity index is 0.925. The van der Waals surface area contributed by atoms with Crippen LogP contribution in [0.5, 0.6) is 0 Å². The summed E-state index contributed by atoms with van der Waals surface area (Å²) in [6.07, 6.45) is 12.6.